The zero-order valence-electron chi connectivity index (χ0n) is 6.73. The summed E-state index contributed by atoms with van der Waals surface area (Å²) >= 11 is 5.50. The van der Waals surface area contributed by atoms with Crippen LogP contribution in [0.1, 0.15) is 5.56 Å². The molecule has 14 heavy (non-hydrogen) atoms. The number of hydrogen-bond acceptors (Lipinski definition) is 1. The molecule has 0 fully saturated rings. The van der Waals surface area contributed by atoms with Crippen LogP contribution in [0.5, 0.6) is 0 Å². The summed E-state index contributed by atoms with van der Waals surface area (Å²) in [4.78, 5) is 0. The highest BCUT2D eigenvalue weighted by molar-refractivity contribution is 6.29. The molecule has 2 rings (SSSR count). The van der Waals surface area contributed by atoms with Gasteiger partial charge in [0.25, 0.3) is 0 Å². The van der Waals surface area contributed by atoms with Crippen molar-refractivity contribution in [2.75, 3.05) is 0 Å². The van der Waals surface area contributed by atoms with Crippen molar-refractivity contribution in [3.8, 4) is 0 Å². The molecule has 0 aliphatic rings. The molecule has 0 amide bonds. The number of furan rings is 1. The van der Waals surface area contributed by atoms with Crippen LogP contribution in [0.15, 0.2) is 28.7 Å². The minimum atomic E-state index is -4.35. The fraction of sp³-hybridized carbons (Fsp3) is 0.111. The SMILES string of the molecule is FC(F)(F)c1ccc2cc(Cl)oc2c1. The average molecular weight is 221 g/mol. The van der Waals surface area contributed by atoms with Crippen LogP contribution in [0.4, 0.5) is 13.2 Å². The summed E-state index contributed by atoms with van der Waals surface area (Å²) in [5.74, 6) is 0. The Labute approximate surface area is 82.1 Å². The monoisotopic (exact) mass is 220 g/mol. The number of hydrogen-bond donors (Lipinski definition) is 0. The van der Waals surface area contributed by atoms with E-state index < -0.39 is 11.7 Å². The van der Waals surface area contributed by atoms with Gasteiger partial charge in [0.05, 0.1) is 5.56 Å². The van der Waals surface area contributed by atoms with Gasteiger partial charge in [0.15, 0.2) is 5.22 Å². The molecule has 0 saturated heterocycles. The third-order valence-electron chi connectivity index (χ3n) is 1.82. The van der Waals surface area contributed by atoms with Crippen molar-refractivity contribution in [2.24, 2.45) is 0 Å². The molecule has 1 nitrogen and oxygen atoms in total. The normalized spacial score (nSPS) is 12.3. The fourth-order valence-corrected chi connectivity index (χ4v) is 1.38. The number of rotatable bonds is 0. The first-order chi connectivity index (χ1) is 6.47. The summed E-state index contributed by atoms with van der Waals surface area (Å²) < 4.78 is 41.6. The molecule has 1 aromatic heterocycles. The molecule has 1 heterocycles. The highest BCUT2D eigenvalue weighted by Gasteiger charge is 2.30. The van der Waals surface area contributed by atoms with Crippen molar-refractivity contribution in [2.45, 2.75) is 6.18 Å². The highest BCUT2D eigenvalue weighted by atomic mass is 35.5. The van der Waals surface area contributed by atoms with Gasteiger partial charge in [-0.1, -0.05) is 6.07 Å². The van der Waals surface area contributed by atoms with Gasteiger partial charge in [-0.15, -0.1) is 0 Å². The second-order valence-electron chi connectivity index (χ2n) is 2.80. The van der Waals surface area contributed by atoms with Gasteiger partial charge in [-0.25, -0.2) is 0 Å². The molecule has 2 aromatic rings. The maximum Gasteiger partial charge on any atom is 0.416 e. The van der Waals surface area contributed by atoms with E-state index in [1.165, 1.54) is 12.1 Å². The Morgan fingerprint density at radius 2 is 1.86 bits per heavy atom. The number of alkyl halides is 3. The van der Waals surface area contributed by atoms with E-state index in [1.54, 1.807) is 0 Å². The van der Waals surface area contributed by atoms with Crippen LogP contribution in [-0.2, 0) is 6.18 Å². The molecule has 0 atom stereocenters. The molecule has 0 spiro atoms. The molecule has 0 aliphatic carbocycles. The Hall–Kier alpha value is -1.16. The Kier molecular flexibility index (Phi) is 1.96. The molecule has 0 N–H and O–H groups in total. The standard InChI is InChI=1S/C9H4ClF3O/c10-8-3-5-1-2-6(9(11,12)13)4-7(5)14-8/h1-4H. The summed E-state index contributed by atoms with van der Waals surface area (Å²) in [5, 5.41) is 0.641. The van der Waals surface area contributed by atoms with Crippen LogP contribution in [-0.4, -0.2) is 0 Å². The second-order valence-corrected chi connectivity index (χ2v) is 3.17. The molecule has 0 unspecified atom stereocenters. The van der Waals surface area contributed by atoms with Gasteiger partial charge in [0, 0.05) is 11.5 Å². The van der Waals surface area contributed by atoms with Gasteiger partial charge < -0.3 is 4.42 Å². The summed E-state index contributed by atoms with van der Waals surface area (Å²) in [7, 11) is 0. The third kappa shape index (κ3) is 1.57. The van der Waals surface area contributed by atoms with E-state index in [2.05, 4.69) is 0 Å². The molecule has 5 heteroatoms. The van der Waals surface area contributed by atoms with Gasteiger partial charge in [0.2, 0.25) is 0 Å². The van der Waals surface area contributed by atoms with Crippen LogP contribution in [0.25, 0.3) is 11.0 Å². The number of halogens is 4. The third-order valence-corrected chi connectivity index (χ3v) is 2.00. The maximum absolute atomic E-state index is 12.2. The Bertz CT molecular complexity index is 472. The summed E-state index contributed by atoms with van der Waals surface area (Å²) in [5.41, 5.74) is -0.596. The average Bonchev–Trinajstić information content (AvgIpc) is 2.41. The van der Waals surface area contributed by atoms with Crippen LogP contribution < -0.4 is 0 Å². The Balaban J connectivity index is 2.62. The first-order valence-corrected chi connectivity index (χ1v) is 4.11. The minimum absolute atomic E-state index is 0.0827. The van der Waals surface area contributed by atoms with Crippen molar-refractivity contribution in [1.82, 2.24) is 0 Å². The van der Waals surface area contributed by atoms with Crippen molar-refractivity contribution in [3.63, 3.8) is 0 Å². The van der Waals surface area contributed by atoms with Crippen molar-refractivity contribution >= 4 is 22.6 Å². The van der Waals surface area contributed by atoms with Gasteiger partial charge >= 0.3 is 6.18 Å². The lowest BCUT2D eigenvalue weighted by molar-refractivity contribution is -0.137. The summed E-state index contributed by atoms with van der Waals surface area (Å²) in [6.45, 7) is 0. The van der Waals surface area contributed by atoms with E-state index >= 15 is 0 Å². The van der Waals surface area contributed by atoms with E-state index in [0.717, 1.165) is 12.1 Å². The van der Waals surface area contributed by atoms with Crippen molar-refractivity contribution in [1.29, 1.82) is 0 Å². The van der Waals surface area contributed by atoms with Crippen LogP contribution in [0.2, 0.25) is 5.22 Å². The van der Waals surface area contributed by atoms with Gasteiger partial charge in [0.1, 0.15) is 5.58 Å². The lowest BCUT2D eigenvalue weighted by atomic mass is 10.2. The van der Waals surface area contributed by atoms with Gasteiger partial charge in [-0.3, -0.25) is 0 Å². The lowest BCUT2D eigenvalue weighted by Gasteiger charge is -2.04. The largest absolute Gasteiger partial charge is 0.445 e. The number of benzene rings is 1. The molecule has 74 valence electrons. The number of fused-ring (bicyclic) bond motifs is 1. The molecular formula is C9H4ClF3O. The molecule has 0 aliphatic heterocycles. The van der Waals surface area contributed by atoms with Crippen molar-refractivity contribution < 1.29 is 17.6 Å². The molecular weight excluding hydrogens is 217 g/mol. The molecule has 0 saturated carbocycles. The van der Waals surface area contributed by atoms with Crippen LogP contribution >= 0.6 is 11.6 Å². The molecule has 1 aromatic carbocycles. The zero-order chi connectivity index (χ0) is 10.3. The smallest absolute Gasteiger partial charge is 0.416 e. The van der Waals surface area contributed by atoms with Gasteiger partial charge in [-0.2, -0.15) is 13.2 Å². The fourth-order valence-electron chi connectivity index (χ4n) is 1.18. The van der Waals surface area contributed by atoms with E-state index in [1.807, 2.05) is 0 Å². The summed E-state index contributed by atoms with van der Waals surface area (Å²) in [6, 6.07) is 4.72. The van der Waals surface area contributed by atoms with Crippen LogP contribution in [0, 0.1) is 0 Å². The van der Waals surface area contributed by atoms with E-state index in [0.29, 0.717) is 5.39 Å². The highest BCUT2D eigenvalue weighted by Crippen LogP contribution is 2.32. The first-order valence-electron chi connectivity index (χ1n) is 3.73. The topological polar surface area (TPSA) is 13.1 Å². The predicted molar refractivity (Wildman–Crippen MR) is 46.2 cm³/mol. The first kappa shape index (κ1) is 9.40. The Morgan fingerprint density at radius 3 is 2.50 bits per heavy atom. The van der Waals surface area contributed by atoms with Crippen molar-refractivity contribution in [3.05, 3.63) is 35.0 Å². The van der Waals surface area contributed by atoms with E-state index in [-0.39, 0.29) is 10.8 Å². The maximum atomic E-state index is 12.2. The van der Waals surface area contributed by atoms with E-state index in [9.17, 15) is 13.2 Å². The summed E-state index contributed by atoms with van der Waals surface area (Å²) in [6.07, 6.45) is -4.35. The quantitative estimate of drug-likeness (QED) is 0.651. The minimum Gasteiger partial charge on any atom is -0.445 e. The molecule has 0 bridgehead atoms. The predicted octanol–water partition coefficient (Wildman–Crippen LogP) is 4.11. The Morgan fingerprint density at radius 1 is 1.14 bits per heavy atom. The zero-order valence-corrected chi connectivity index (χ0v) is 7.49. The van der Waals surface area contributed by atoms with Crippen LogP contribution in [0.3, 0.4) is 0 Å². The van der Waals surface area contributed by atoms with E-state index in [4.69, 9.17) is 16.0 Å². The van der Waals surface area contributed by atoms with Gasteiger partial charge in [-0.05, 0) is 23.7 Å². The molecule has 0 radical (unpaired) electrons. The second kappa shape index (κ2) is 2.92. The lowest BCUT2D eigenvalue weighted by Crippen LogP contribution is -2.03.